The molecule has 0 rings (SSSR count). The minimum Gasteiger partial charge on any atom is -0.462 e. The number of unbranched alkanes of at least 4 members (excludes halogenated alkanes) is 32. The van der Waals surface area contributed by atoms with E-state index in [2.05, 4.69) is 69.4 Å². The lowest BCUT2D eigenvalue weighted by Crippen LogP contribution is -2.30. The molecule has 0 aromatic carbocycles. The van der Waals surface area contributed by atoms with Crippen LogP contribution in [0.15, 0.2) is 48.6 Å². The Morgan fingerprint density at radius 2 is 0.554 bits per heavy atom. The molecule has 0 aliphatic heterocycles. The highest BCUT2D eigenvalue weighted by Gasteiger charge is 2.19. The molecule has 378 valence electrons. The summed E-state index contributed by atoms with van der Waals surface area (Å²) in [5.74, 6) is -0.883. The molecule has 1 unspecified atom stereocenters. The predicted octanol–water partition coefficient (Wildman–Crippen LogP) is 18.7. The minimum absolute atomic E-state index is 0.0756. The average Bonchev–Trinajstić information content (AvgIpc) is 3.30. The van der Waals surface area contributed by atoms with Crippen molar-refractivity contribution in [1.82, 2.24) is 0 Å². The molecular weight excluding hydrogens is 805 g/mol. The third kappa shape index (κ3) is 52.2. The van der Waals surface area contributed by atoms with Gasteiger partial charge in [0.05, 0.1) is 0 Å². The first kappa shape index (κ1) is 62.4. The molecule has 1 atom stereocenters. The van der Waals surface area contributed by atoms with Gasteiger partial charge in [-0.25, -0.2) is 0 Å². The molecular formula is C59H106O6. The molecule has 0 saturated carbocycles. The Balaban J connectivity index is 4.18. The zero-order chi connectivity index (χ0) is 47.2. The standard InChI is InChI=1S/C59H106O6/c1-4-7-10-13-16-19-21-23-25-26-27-28-29-30-31-32-33-34-35-37-38-40-43-46-49-52-58(61)64-55-56(54-63-57(60)51-48-45-42-18-15-12-9-6-3)65-59(62)53-50-47-44-41-39-36-24-22-20-17-14-11-8-5-2/h21-24,26-27,29-30,56H,4-20,25,28,31-55H2,1-3H3/b23-21-,24-22-,27-26-,30-29-. The molecule has 0 fully saturated rings. The van der Waals surface area contributed by atoms with E-state index < -0.39 is 6.10 Å². The molecule has 0 aromatic rings. The van der Waals surface area contributed by atoms with Crippen LogP contribution < -0.4 is 0 Å². The topological polar surface area (TPSA) is 78.9 Å². The molecule has 65 heavy (non-hydrogen) atoms. The van der Waals surface area contributed by atoms with Gasteiger partial charge in [-0.2, -0.15) is 0 Å². The van der Waals surface area contributed by atoms with E-state index in [1.165, 1.54) is 173 Å². The Bertz CT molecular complexity index is 1140. The van der Waals surface area contributed by atoms with Gasteiger partial charge < -0.3 is 14.2 Å². The summed E-state index contributed by atoms with van der Waals surface area (Å²) in [6.07, 6.45) is 65.4. The van der Waals surface area contributed by atoms with E-state index in [1.54, 1.807) is 0 Å². The van der Waals surface area contributed by atoms with Crippen molar-refractivity contribution in [2.24, 2.45) is 0 Å². The summed E-state index contributed by atoms with van der Waals surface area (Å²) >= 11 is 0. The smallest absolute Gasteiger partial charge is 0.306 e. The monoisotopic (exact) mass is 911 g/mol. The second-order valence-electron chi connectivity index (χ2n) is 18.8. The van der Waals surface area contributed by atoms with Crippen molar-refractivity contribution in [3.05, 3.63) is 48.6 Å². The largest absolute Gasteiger partial charge is 0.462 e. The highest BCUT2D eigenvalue weighted by molar-refractivity contribution is 5.71. The summed E-state index contributed by atoms with van der Waals surface area (Å²) in [5, 5.41) is 0. The fourth-order valence-corrected chi connectivity index (χ4v) is 8.03. The van der Waals surface area contributed by atoms with Gasteiger partial charge in [0.2, 0.25) is 0 Å². The van der Waals surface area contributed by atoms with E-state index >= 15 is 0 Å². The number of hydrogen-bond donors (Lipinski definition) is 0. The zero-order valence-corrected chi connectivity index (χ0v) is 43.3. The van der Waals surface area contributed by atoms with Gasteiger partial charge in [0.1, 0.15) is 13.2 Å². The summed E-state index contributed by atoms with van der Waals surface area (Å²) in [5.41, 5.74) is 0. The second-order valence-corrected chi connectivity index (χ2v) is 18.8. The fourth-order valence-electron chi connectivity index (χ4n) is 8.03. The number of hydrogen-bond acceptors (Lipinski definition) is 6. The van der Waals surface area contributed by atoms with Crippen LogP contribution in [0.2, 0.25) is 0 Å². The van der Waals surface area contributed by atoms with Crippen LogP contribution in [0.4, 0.5) is 0 Å². The first-order valence-electron chi connectivity index (χ1n) is 28.1. The van der Waals surface area contributed by atoms with Crippen LogP contribution >= 0.6 is 0 Å². The first-order valence-corrected chi connectivity index (χ1v) is 28.1. The van der Waals surface area contributed by atoms with Crippen molar-refractivity contribution >= 4 is 17.9 Å². The highest BCUT2D eigenvalue weighted by Crippen LogP contribution is 2.15. The van der Waals surface area contributed by atoms with Crippen LogP contribution in [-0.2, 0) is 28.6 Å². The first-order chi connectivity index (χ1) is 32.0. The van der Waals surface area contributed by atoms with Gasteiger partial charge in [-0.1, -0.05) is 236 Å². The molecule has 0 saturated heterocycles. The summed E-state index contributed by atoms with van der Waals surface area (Å²) in [6, 6.07) is 0. The van der Waals surface area contributed by atoms with Gasteiger partial charge in [0.15, 0.2) is 6.10 Å². The van der Waals surface area contributed by atoms with Gasteiger partial charge in [0, 0.05) is 19.3 Å². The number of carbonyl (C=O) groups is 3. The van der Waals surface area contributed by atoms with E-state index in [0.29, 0.717) is 19.3 Å². The summed E-state index contributed by atoms with van der Waals surface area (Å²) < 4.78 is 16.8. The Labute approximate surface area is 403 Å². The van der Waals surface area contributed by atoms with Gasteiger partial charge >= 0.3 is 17.9 Å². The lowest BCUT2D eigenvalue weighted by Gasteiger charge is -2.18. The maximum absolute atomic E-state index is 12.8. The number of esters is 3. The Hall–Kier alpha value is -2.63. The van der Waals surface area contributed by atoms with Crippen LogP contribution in [0.25, 0.3) is 0 Å². The van der Waals surface area contributed by atoms with Crippen LogP contribution in [0.3, 0.4) is 0 Å². The maximum Gasteiger partial charge on any atom is 0.306 e. The van der Waals surface area contributed by atoms with Crippen molar-refractivity contribution in [1.29, 1.82) is 0 Å². The molecule has 0 amide bonds. The van der Waals surface area contributed by atoms with Crippen LogP contribution in [0.1, 0.15) is 290 Å². The summed E-state index contributed by atoms with van der Waals surface area (Å²) in [7, 11) is 0. The van der Waals surface area contributed by atoms with Crippen LogP contribution in [-0.4, -0.2) is 37.2 Å². The van der Waals surface area contributed by atoms with Gasteiger partial charge in [0.25, 0.3) is 0 Å². The number of carbonyl (C=O) groups excluding carboxylic acids is 3. The van der Waals surface area contributed by atoms with Crippen LogP contribution in [0, 0.1) is 0 Å². The molecule has 0 N–H and O–H groups in total. The second kappa shape index (κ2) is 54.0. The predicted molar refractivity (Wildman–Crippen MR) is 279 cm³/mol. The summed E-state index contributed by atoms with van der Waals surface area (Å²) in [6.45, 7) is 6.60. The molecule has 0 aromatic heterocycles. The van der Waals surface area contributed by atoms with Gasteiger partial charge in [-0.15, -0.1) is 0 Å². The Morgan fingerprint density at radius 1 is 0.308 bits per heavy atom. The van der Waals surface area contributed by atoms with Crippen molar-refractivity contribution in [3.63, 3.8) is 0 Å². The Kier molecular flexibility index (Phi) is 51.8. The SMILES string of the molecule is CCCCCCC/C=C\C/C=C\C/C=C\CCCCCCCCCCCCC(=O)OCC(COC(=O)CCCCCCCCCC)OC(=O)CCCCCCC/C=C\CCCCCCC. The molecule has 0 aliphatic rings. The van der Waals surface area contributed by atoms with Crippen molar-refractivity contribution in [2.45, 2.75) is 297 Å². The number of allylic oxidation sites excluding steroid dienone is 8. The average molecular weight is 911 g/mol. The molecule has 0 aliphatic carbocycles. The third-order valence-corrected chi connectivity index (χ3v) is 12.3. The van der Waals surface area contributed by atoms with Crippen molar-refractivity contribution < 1.29 is 28.6 Å². The molecule has 0 spiro atoms. The minimum atomic E-state index is -0.775. The summed E-state index contributed by atoms with van der Waals surface area (Å²) in [4.78, 5) is 37.9. The number of rotatable bonds is 51. The highest BCUT2D eigenvalue weighted by atomic mass is 16.6. The molecule has 0 radical (unpaired) electrons. The lowest BCUT2D eigenvalue weighted by molar-refractivity contribution is -0.167. The quantitative estimate of drug-likeness (QED) is 0.0262. The molecule has 0 bridgehead atoms. The molecule has 6 nitrogen and oxygen atoms in total. The van der Waals surface area contributed by atoms with E-state index in [4.69, 9.17) is 14.2 Å². The third-order valence-electron chi connectivity index (χ3n) is 12.3. The fraction of sp³-hybridized carbons (Fsp3) is 0.814. The van der Waals surface area contributed by atoms with E-state index in [-0.39, 0.29) is 31.1 Å². The lowest BCUT2D eigenvalue weighted by atomic mass is 10.1. The Morgan fingerprint density at radius 3 is 0.877 bits per heavy atom. The molecule has 0 heterocycles. The van der Waals surface area contributed by atoms with Gasteiger partial charge in [-0.3, -0.25) is 14.4 Å². The molecule has 6 heteroatoms. The van der Waals surface area contributed by atoms with E-state index in [9.17, 15) is 14.4 Å². The van der Waals surface area contributed by atoms with E-state index in [0.717, 1.165) is 77.0 Å². The number of ether oxygens (including phenoxy) is 3. The maximum atomic E-state index is 12.8. The van der Waals surface area contributed by atoms with Crippen molar-refractivity contribution in [3.8, 4) is 0 Å². The van der Waals surface area contributed by atoms with Crippen molar-refractivity contribution in [2.75, 3.05) is 13.2 Å². The zero-order valence-electron chi connectivity index (χ0n) is 43.3. The van der Waals surface area contributed by atoms with Gasteiger partial charge in [-0.05, 0) is 83.5 Å². The van der Waals surface area contributed by atoms with E-state index in [1.807, 2.05) is 0 Å². The van der Waals surface area contributed by atoms with Crippen LogP contribution in [0.5, 0.6) is 0 Å². The normalized spacial score (nSPS) is 12.4.